The number of para-hydroxylation sites is 1. The van der Waals surface area contributed by atoms with Crippen LogP contribution in [0.2, 0.25) is 0 Å². The molecule has 0 aliphatic carbocycles. The largest absolute Gasteiger partial charge is 0.480 e. The Hall–Kier alpha value is -2.57. The van der Waals surface area contributed by atoms with Crippen molar-refractivity contribution in [2.45, 2.75) is 25.8 Å². The fourth-order valence-electron chi connectivity index (χ4n) is 1.50. The van der Waals surface area contributed by atoms with E-state index < -0.39 is 23.4 Å². The minimum Gasteiger partial charge on any atom is -0.480 e. The van der Waals surface area contributed by atoms with Gasteiger partial charge in [0, 0.05) is 5.69 Å². The van der Waals surface area contributed by atoms with E-state index in [1.807, 2.05) is 6.07 Å². The summed E-state index contributed by atoms with van der Waals surface area (Å²) in [7, 11) is 0. The third-order valence-electron chi connectivity index (χ3n) is 3.04. The summed E-state index contributed by atoms with van der Waals surface area (Å²) in [6.07, 6.45) is 0.240. The fraction of sp³-hybridized carbons (Fsp3) is 0.357. The average Bonchev–Trinajstić information content (AvgIpc) is 2.46. The van der Waals surface area contributed by atoms with Gasteiger partial charge in [0.15, 0.2) is 0 Å². The van der Waals surface area contributed by atoms with Crippen molar-refractivity contribution in [2.24, 2.45) is 0 Å². The van der Waals surface area contributed by atoms with Gasteiger partial charge < -0.3 is 21.1 Å². The zero-order chi connectivity index (χ0) is 15.9. The Balaban J connectivity index is 2.43. The van der Waals surface area contributed by atoms with Gasteiger partial charge in [-0.3, -0.25) is 4.79 Å². The number of carbonyl (C=O) groups excluding carboxylic acids is 2. The van der Waals surface area contributed by atoms with Gasteiger partial charge in [0.25, 0.3) is 0 Å². The normalized spacial score (nSPS) is 12.9. The number of amides is 3. The van der Waals surface area contributed by atoms with Crippen molar-refractivity contribution >= 4 is 23.6 Å². The van der Waals surface area contributed by atoms with Gasteiger partial charge in [-0.2, -0.15) is 0 Å². The van der Waals surface area contributed by atoms with E-state index in [4.69, 9.17) is 5.11 Å². The Morgan fingerprint density at radius 3 is 2.33 bits per heavy atom. The van der Waals surface area contributed by atoms with Crippen LogP contribution >= 0.6 is 0 Å². The number of rotatable bonds is 6. The second-order valence-electron chi connectivity index (χ2n) is 4.71. The number of hydrogen-bond donors (Lipinski definition) is 4. The highest BCUT2D eigenvalue weighted by Gasteiger charge is 2.32. The summed E-state index contributed by atoms with van der Waals surface area (Å²) in [6, 6.07) is 8.22. The number of carboxylic acids is 1. The Labute approximate surface area is 122 Å². The highest BCUT2D eigenvalue weighted by molar-refractivity contribution is 5.93. The second-order valence-corrected chi connectivity index (χ2v) is 4.71. The molecule has 114 valence electrons. The Morgan fingerprint density at radius 2 is 1.81 bits per heavy atom. The van der Waals surface area contributed by atoms with E-state index >= 15 is 0 Å². The lowest BCUT2D eigenvalue weighted by molar-refractivity contribution is -0.146. The summed E-state index contributed by atoms with van der Waals surface area (Å²) in [4.78, 5) is 34.3. The van der Waals surface area contributed by atoms with Gasteiger partial charge in [-0.25, -0.2) is 9.59 Å². The highest BCUT2D eigenvalue weighted by Crippen LogP contribution is 2.08. The maximum Gasteiger partial charge on any atom is 0.329 e. The fourth-order valence-corrected chi connectivity index (χ4v) is 1.50. The minimum atomic E-state index is -1.34. The Morgan fingerprint density at radius 1 is 1.19 bits per heavy atom. The predicted molar refractivity (Wildman–Crippen MR) is 77.9 cm³/mol. The van der Waals surface area contributed by atoms with E-state index in [0.717, 1.165) is 0 Å². The van der Waals surface area contributed by atoms with Crippen molar-refractivity contribution in [2.75, 3.05) is 11.9 Å². The molecule has 0 spiro atoms. The van der Waals surface area contributed by atoms with Crippen LogP contribution in [-0.2, 0) is 9.59 Å². The molecule has 0 aliphatic rings. The zero-order valence-corrected chi connectivity index (χ0v) is 12.0. The zero-order valence-electron chi connectivity index (χ0n) is 12.0. The van der Waals surface area contributed by atoms with Crippen LogP contribution in [0, 0.1) is 0 Å². The molecular formula is C14H19N3O4. The van der Waals surface area contributed by atoms with Crippen molar-refractivity contribution in [3.8, 4) is 0 Å². The molecule has 1 rings (SSSR count). The van der Waals surface area contributed by atoms with Crippen LogP contribution in [0.3, 0.4) is 0 Å². The lowest BCUT2D eigenvalue weighted by atomic mass is 9.99. The third kappa shape index (κ3) is 5.13. The van der Waals surface area contributed by atoms with Crippen molar-refractivity contribution < 1.29 is 19.5 Å². The van der Waals surface area contributed by atoms with Crippen molar-refractivity contribution in [3.63, 3.8) is 0 Å². The molecule has 0 bridgehead atoms. The predicted octanol–water partition coefficient (Wildman–Crippen LogP) is 1.18. The van der Waals surface area contributed by atoms with Gasteiger partial charge in [0.2, 0.25) is 5.91 Å². The van der Waals surface area contributed by atoms with E-state index in [2.05, 4.69) is 16.0 Å². The summed E-state index contributed by atoms with van der Waals surface area (Å²) < 4.78 is 0. The van der Waals surface area contributed by atoms with Crippen molar-refractivity contribution in [1.82, 2.24) is 10.6 Å². The minimum absolute atomic E-state index is 0.240. The van der Waals surface area contributed by atoms with Crippen molar-refractivity contribution in [3.05, 3.63) is 30.3 Å². The first-order valence-corrected chi connectivity index (χ1v) is 6.51. The maximum absolute atomic E-state index is 11.7. The summed E-state index contributed by atoms with van der Waals surface area (Å²) in [5.41, 5.74) is -0.742. The molecule has 0 aliphatic heterocycles. The summed E-state index contributed by atoms with van der Waals surface area (Å²) >= 11 is 0. The molecular weight excluding hydrogens is 274 g/mol. The number of carbonyl (C=O) groups is 3. The van der Waals surface area contributed by atoms with Crippen LogP contribution in [0.4, 0.5) is 10.5 Å². The van der Waals surface area contributed by atoms with Gasteiger partial charge in [-0.15, -0.1) is 0 Å². The quantitative estimate of drug-likeness (QED) is 0.631. The smallest absolute Gasteiger partial charge is 0.329 e. The number of benzene rings is 1. The topological polar surface area (TPSA) is 108 Å². The lowest BCUT2D eigenvalue weighted by Gasteiger charge is -2.24. The first kappa shape index (κ1) is 16.5. The van der Waals surface area contributed by atoms with Crippen LogP contribution < -0.4 is 16.0 Å². The lowest BCUT2D eigenvalue weighted by Crippen LogP contribution is -2.54. The summed E-state index contributed by atoms with van der Waals surface area (Å²) in [6.45, 7) is 2.77. The SMILES string of the molecule is CCC(C)(NC(=O)CNC(=O)Nc1ccccc1)C(=O)O. The number of nitrogens with one attached hydrogen (secondary N) is 3. The standard InChI is InChI=1S/C14H19N3O4/c1-3-14(2,12(19)20)17-11(18)9-15-13(21)16-10-7-5-4-6-8-10/h4-8H,3,9H2,1-2H3,(H,17,18)(H,19,20)(H2,15,16,21). The molecule has 7 heteroatoms. The van der Waals surface area contributed by atoms with Crippen LogP contribution in [0.15, 0.2) is 30.3 Å². The molecule has 0 radical (unpaired) electrons. The average molecular weight is 293 g/mol. The van der Waals surface area contributed by atoms with Crippen LogP contribution in [0.25, 0.3) is 0 Å². The van der Waals surface area contributed by atoms with E-state index in [9.17, 15) is 14.4 Å². The molecule has 4 N–H and O–H groups in total. The monoisotopic (exact) mass is 293 g/mol. The third-order valence-corrected chi connectivity index (χ3v) is 3.04. The van der Waals surface area contributed by atoms with Crippen LogP contribution in [0.1, 0.15) is 20.3 Å². The number of urea groups is 1. The molecule has 21 heavy (non-hydrogen) atoms. The molecule has 7 nitrogen and oxygen atoms in total. The Bertz CT molecular complexity index is 518. The Kier molecular flexibility index (Phi) is 5.71. The van der Waals surface area contributed by atoms with Crippen LogP contribution in [-0.4, -0.2) is 35.1 Å². The molecule has 1 atom stereocenters. The van der Waals surface area contributed by atoms with E-state index in [0.29, 0.717) is 5.69 Å². The molecule has 0 saturated heterocycles. The molecule has 1 aromatic rings. The molecule has 0 aromatic heterocycles. The number of aliphatic carboxylic acids is 1. The maximum atomic E-state index is 11.7. The van der Waals surface area contributed by atoms with Gasteiger partial charge in [-0.05, 0) is 25.5 Å². The van der Waals surface area contributed by atoms with Crippen molar-refractivity contribution in [1.29, 1.82) is 0 Å². The highest BCUT2D eigenvalue weighted by atomic mass is 16.4. The first-order valence-electron chi connectivity index (χ1n) is 6.51. The first-order chi connectivity index (χ1) is 9.87. The van der Waals surface area contributed by atoms with Gasteiger partial charge >= 0.3 is 12.0 Å². The van der Waals surface area contributed by atoms with Gasteiger partial charge in [0.1, 0.15) is 5.54 Å². The number of hydrogen-bond acceptors (Lipinski definition) is 3. The molecule has 1 aromatic carbocycles. The molecule has 0 saturated carbocycles. The second kappa shape index (κ2) is 7.28. The van der Waals surface area contributed by atoms with E-state index in [1.54, 1.807) is 31.2 Å². The molecule has 1 unspecified atom stereocenters. The number of carboxylic acid groups (broad SMARTS) is 1. The molecule has 0 fully saturated rings. The summed E-state index contributed by atoms with van der Waals surface area (Å²) in [5.74, 6) is -1.68. The van der Waals surface area contributed by atoms with Gasteiger partial charge in [0.05, 0.1) is 6.54 Å². The number of anilines is 1. The summed E-state index contributed by atoms with van der Waals surface area (Å²) in [5, 5.41) is 16.3. The van der Waals surface area contributed by atoms with E-state index in [1.165, 1.54) is 6.92 Å². The van der Waals surface area contributed by atoms with Gasteiger partial charge in [-0.1, -0.05) is 25.1 Å². The van der Waals surface area contributed by atoms with Crippen LogP contribution in [0.5, 0.6) is 0 Å². The molecule has 0 heterocycles. The molecule has 3 amide bonds. The van der Waals surface area contributed by atoms with E-state index in [-0.39, 0.29) is 13.0 Å².